The van der Waals surface area contributed by atoms with Crippen molar-refractivity contribution in [2.45, 2.75) is 19.0 Å². The van der Waals surface area contributed by atoms with E-state index in [0.29, 0.717) is 25.1 Å². The van der Waals surface area contributed by atoms with Crippen molar-refractivity contribution < 1.29 is 10.0 Å². The highest BCUT2D eigenvalue weighted by Gasteiger charge is 2.20. The van der Waals surface area contributed by atoms with E-state index in [1.807, 2.05) is 18.2 Å². The monoisotopic (exact) mass is 248 g/mol. The van der Waals surface area contributed by atoms with Crippen molar-refractivity contribution in [3.05, 3.63) is 35.4 Å². The third-order valence-electron chi connectivity index (χ3n) is 2.96. The van der Waals surface area contributed by atoms with Crippen LogP contribution in [0.25, 0.3) is 0 Å². The molecule has 2 rings (SSSR count). The molecule has 0 bridgehead atoms. The Morgan fingerprint density at radius 3 is 3.00 bits per heavy atom. The standard InChI is InChI=1S/C12H16N4O2/c13-12(16-18)10-4-2-1-3-8(10)6-14-9-5-11(17)15-7-9/h1-4,9,14,18H,5-7H2,(H2,13,16)(H,15,17). The van der Waals surface area contributed by atoms with E-state index in [-0.39, 0.29) is 17.8 Å². The molecule has 1 amide bonds. The highest BCUT2D eigenvalue weighted by atomic mass is 16.4. The van der Waals surface area contributed by atoms with Gasteiger partial charge in [0.15, 0.2) is 5.84 Å². The topological polar surface area (TPSA) is 99.7 Å². The molecule has 1 aromatic carbocycles. The van der Waals surface area contributed by atoms with Crippen LogP contribution in [0.2, 0.25) is 0 Å². The van der Waals surface area contributed by atoms with Crippen molar-refractivity contribution in [1.82, 2.24) is 10.6 Å². The van der Waals surface area contributed by atoms with Gasteiger partial charge in [0, 0.05) is 31.1 Å². The molecule has 1 aliphatic rings. The first-order chi connectivity index (χ1) is 8.70. The van der Waals surface area contributed by atoms with E-state index in [1.165, 1.54) is 0 Å². The SMILES string of the molecule is N/C(=N/O)c1ccccc1CNC1CNC(=O)C1. The fourth-order valence-corrected chi connectivity index (χ4v) is 1.98. The predicted molar refractivity (Wildman–Crippen MR) is 67.2 cm³/mol. The lowest BCUT2D eigenvalue weighted by Crippen LogP contribution is -2.31. The van der Waals surface area contributed by atoms with E-state index >= 15 is 0 Å². The van der Waals surface area contributed by atoms with Crippen molar-refractivity contribution in [1.29, 1.82) is 0 Å². The van der Waals surface area contributed by atoms with Crippen molar-refractivity contribution in [2.24, 2.45) is 10.9 Å². The largest absolute Gasteiger partial charge is 0.409 e. The first-order valence-corrected chi connectivity index (χ1v) is 5.76. The van der Waals surface area contributed by atoms with Gasteiger partial charge >= 0.3 is 0 Å². The number of carbonyl (C=O) groups excluding carboxylic acids is 1. The van der Waals surface area contributed by atoms with E-state index in [2.05, 4.69) is 15.8 Å². The van der Waals surface area contributed by atoms with Gasteiger partial charge in [-0.2, -0.15) is 0 Å². The number of nitrogens with one attached hydrogen (secondary N) is 2. The van der Waals surface area contributed by atoms with Crippen molar-refractivity contribution in [3.8, 4) is 0 Å². The summed E-state index contributed by atoms with van der Waals surface area (Å²) in [7, 11) is 0. The molecule has 96 valence electrons. The summed E-state index contributed by atoms with van der Waals surface area (Å²) in [5.41, 5.74) is 7.24. The minimum absolute atomic E-state index is 0.0669. The Bertz CT molecular complexity index is 473. The molecule has 0 aromatic heterocycles. The maximum Gasteiger partial charge on any atom is 0.221 e. The van der Waals surface area contributed by atoms with Gasteiger partial charge in [-0.15, -0.1) is 0 Å². The molecule has 1 heterocycles. The van der Waals surface area contributed by atoms with Crippen molar-refractivity contribution >= 4 is 11.7 Å². The van der Waals surface area contributed by atoms with Gasteiger partial charge in [0.05, 0.1) is 0 Å². The van der Waals surface area contributed by atoms with E-state index in [1.54, 1.807) is 6.07 Å². The van der Waals surface area contributed by atoms with Crippen LogP contribution in [-0.2, 0) is 11.3 Å². The molecule has 1 unspecified atom stereocenters. The van der Waals surface area contributed by atoms with E-state index in [4.69, 9.17) is 10.9 Å². The normalized spacial score (nSPS) is 19.9. The Labute approximate surface area is 105 Å². The molecule has 1 atom stereocenters. The van der Waals surface area contributed by atoms with Crippen LogP contribution in [0.4, 0.5) is 0 Å². The van der Waals surface area contributed by atoms with Crippen LogP contribution in [0.1, 0.15) is 17.5 Å². The lowest BCUT2D eigenvalue weighted by Gasteiger charge is -2.12. The lowest BCUT2D eigenvalue weighted by molar-refractivity contribution is -0.119. The maximum absolute atomic E-state index is 11.1. The average molecular weight is 248 g/mol. The van der Waals surface area contributed by atoms with E-state index < -0.39 is 0 Å². The molecule has 5 N–H and O–H groups in total. The number of hydrogen-bond donors (Lipinski definition) is 4. The lowest BCUT2D eigenvalue weighted by atomic mass is 10.1. The summed E-state index contributed by atoms with van der Waals surface area (Å²) in [6.45, 7) is 1.22. The van der Waals surface area contributed by atoms with Gasteiger partial charge in [0.2, 0.25) is 5.91 Å². The van der Waals surface area contributed by atoms with Crippen LogP contribution in [0.5, 0.6) is 0 Å². The molecular weight excluding hydrogens is 232 g/mol. The summed E-state index contributed by atoms with van der Waals surface area (Å²) in [6, 6.07) is 7.56. The van der Waals surface area contributed by atoms with Crippen LogP contribution in [0.15, 0.2) is 29.4 Å². The maximum atomic E-state index is 11.1. The Hall–Kier alpha value is -2.08. The van der Waals surface area contributed by atoms with Crippen LogP contribution < -0.4 is 16.4 Å². The number of rotatable bonds is 4. The highest BCUT2D eigenvalue weighted by molar-refractivity contribution is 5.98. The fraction of sp³-hybridized carbons (Fsp3) is 0.333. The fourth-order valence-electron chi connectivity index (χ4n) is 1.98. The second-order valence-electron chi connectivity index (χ2n) is 4.23. The minimum atomic E-state index is 0.0669. The molecule has 0 saturated carbocycles. The summed E-state index contributed by atoms with van der Waals surface area (Å²) in [5.74, 6) is 0.158. The van der Waals surface area contributed by atoms with Gasteiger partial charge < -0.3 is 21.6 Å². The van der Waals surface area contributed by atoms with Crippen LogP contribution in [-0.4, -0.2) is 29.5 Å². The summed E-state index contributed by atoms with van der Waals surface area (Å²) in [6.07, 6.45) is 0.492. The summed E-state index contributed by atoms with van der Waals surface area (Å²) in [4.78, 5) is 11.1. The second kappa shape index (κ2) is 5.50. The molecule has 1 aliphatic heterocycles. The van der Waals surface area contributed by atoms with Gasteiger partial charge in [0.25, 0.3) is 0 Å². The number of amidine groups is 1. The Balaban J connectivity index is 2.03. The van der Waals surface area contributed by atoms with Gasteiger partial charge in [-0.1, -0.05) is 29.4 Å². The molecule has 0 spiro atoms. The first-order valence-electron chi connectivity index (χ1n) is 5.76. The minimum Gasteiger partial charge on any atom is -0.409 e. The Morgan fingerprint density at radius 2 is 2.33 bits per heavy atom. The third-order valence-corrected chi connectivity index (χ3v) is 2.96. The zero-order valence-corrected chi connectivity index (χ0v) is 9.89. The number of oxime groups is 1. The predicted octanol–water partition coefficient (Wildman–Crippen LogP) is -0.241. The van der Waals surface area contributed by atoms with Crippen LogP contribution in [0.3, 0.4) is 0 Å². The number of nitrogens with two attached hydrogens (primary N) is 1. The number of amides is 1. The van der Waals surface area contributed by atoms with Gasteiger partial charge in [0.1, 0.15) is 0 Å². The number of carbonyl (C=O) groups is 1. The Morgan fingerprint density at radius 1 is 1.56 bits per heavy atom. The van der Waals surface area contributed by atoms with E-state index in [9.17, 15) is 4.79 Å². The molecule has 0 radical (unpaired) electrons. The zero-order chi connectivity index (χ0) is 13.0. The molecule has 0 aliphatic carbocycles. The number of nitrogens with zero attached hydrogens (tertiary/aromatic N) is 1. The Kier molecular flexibility index (Phi) is 3.78. The van der Waals surface area contributed by atoms with Crippen LogP contribution in [0, 0.1) is 0 Å². The summed E-state index contributed by atoms with van der Waals surface area (Å²) in [5, 5.41) is 17.8. The zero-order valence-electron chi connectivity index (χ0n) is 9.89. The molecule has 1 aromatic rings. The molecule has 18 heavy (non-hydrogen) atoms. The second-order valence-corrected chi connectivity index (χ2v) is 4.23. The quantitative estimate of drug-likeness (QED) is 0.256. The van der Waals surface area contributed by atoms with Crippen molar-refractivity contribution in [3.63, 3.8) is 0 Å². The first kappa shape index (κ1) is 12.4. The molecule has 6 nitrogen and oxygen atoms in total. The highest BCUT2D eigenvalue weighted by Crippen LogP contribution is 2.09. The molecule has 6 heteroatoms. The van der Waals surface area contributed by atoms with Gasteiger partial charge in [-0.25, -0.2) is 0 Å². The molecular formula is C12H16N4O2. The average Bonchev–Trinajstić information content (AvgIpc) is 2.81. The summed E-state index contributed by atoms with van der Waals surface area (Å²) < 4.78 is 0. The smallest absolute Gasteiger partial charge is 0.221 e. The molecule has 1 saturated heterocycles. The van der Waals surface area contributed by atoms with Gasteiger partial charge in [-0.05, 0) is 5.56 Å². The molecule has 1 fully saturated rings. The van der Waals surface area contributed by atoms with Gasteiger partial charge in [-0.3, -0.25) is 4.79 Å². The van der Waals surface area contributed by atoms with Crippen LogP contribution >= 0.6 is 0 Å². The number of benzene rings is 1. The van der Waals surface area contributed by atoms with Crippen molar-refractivity contribution in [2.75, 3.05) is 6.54 Å². The number of hydrogen-bond acceptors (Lipinski definition) is 4. The third kappa shape index (κ3) is 2.78. The van der Waals surface area contributed by atoms with E-state index in [0.717, 1.165) is 5.56 Å². The summed E-state index contributed by atoms with van der Waals surface area (Å²) >= 11 is 0.